The highest BCUT2D eigenvalue weighted by molar-refractivity contribution is 7.15. The van der Waals surface area contributed by atoms with Crippen LogP contribution in [0, 0.1) is 0 Å². The second-order valence-corrected chi connectivity index (χ2v) is 5.54. The van der Waals surface area contributed by atoms with Gasteiger partial charge in [0.2, 0.25) is 5.91 Å². The van der Waals surface area contributed by atoms with Crippen molar-refractivity contribution in [2.45, 2.75) is 0 Å². The molecule has 0 spiro atoms. The Kier molecular flexibility index (Phi) is 4.29. The molecule has 3 aromatic rings. The Bertz CT molecular complexity index is 844. The second-order valence-electron chi connectivity index (χ2n) is 4.66. The van der Waals surface area contributed by atoms with Crippen LogP contribution in [0.15, 0.2) is 42.0 Å². The van der Waals surface area contributed by atoms with Gasteiger partial charge in [0, 0.05) is 41.5 Å². The van der Waals surface area contributed by atoms with Crippen LogP contribution in [-0.2, 0) is 4.79 Å². The summed E-state index contributed by atoms with van der Waals surface area (Å²) >= 11 is 1.54. The average Bonchev–Trinajstić information content (AvgIpc) is 3.16. The summed E-state index contributed by atoms with van der Waals surface area (Å²) in [6.07, 6.45) is 6.83. The fourth-order valence-corrected chi connectivity index (χ4v) is 2.79. The first-order valence-corrected chi connectivity index (χ1v) is 7.70. The van der Waals surface area contributed by atoms with Gasteiger partial charge >= 0.3 is 0 Å². The molecule has 0 unspecified atom stereocenters. The van der Waals surface area contributed by atoms with Crippen molar-refractivity contribution in [2.24, 2.45) is 0 Å². The number of methoxy groups -OCH3 is 2. The van der Waals surface area contributed by atoms with E-state index in [1.54, 1.807) is 56.0 Å². The minimum Gasteiger partial charge on any atom is -0.497 e. The molecule has 0 aliphatic heterocycles. The summed E-state index contributed by atoms with van der Waals surface area (Å²) in [6, 6.07) is 5.19. The van der Waals surface area contributed by atoms with E-state index in [-0.39, 0.29) is 5.91 Å². The van der Waals surface area contributed by atoms with E-state index < -0.39 is 0 Å². The number of fused-ring (bicyclic) bond motifs is 1. The number of carbonyl (C=O) groups excluding carboxylic acids is 1. The van der Waals surface area contributed by atoms with Crippen molar-refractivity contribution in [3.05, 3.63) is 47.7 Å². The van der Waals surface area contributed by atoms with E-state index in [1.807, 2.05) is 16.0 Å². The molecular formula is C16H15N3O3S. The van der Waals surface area contributed by atoms with E-state index in [0.29, 0.717) is 17.2 Å². The molecule has 118 valence electrons. The number of amides is 1. The van der Waals surface area contributed by atoms with Gasteiger partial charge in [-0.25, -0.2) is 4.98 Å². The fraction of sp³-hybridized carbons (Fsp3) is 0.125. The molecule has 2 heterocycles. The fourth-order valence-electron chi connectivity index (χ4n) is 2.09. The molecule has 1 amide bonds. The first-order chi connectivity index (χ1) is 11.2. The minimum absolute atomic E-state index is 0.245. The van der Waals surface area contributed by atoms with Gasteiger partial charge in [0.25, 0.3) is 0 Å². The van der Waals surface area contributed by atoms with Crippen LogP contribution in [0.4, 0.5) is 5.69 Å². The third kappa shape index (κ3) is 3.35. The molecule has 0 aliphatic rings. The Hall–Kier alpha value is -2.80. The number of hydrogen-bond donors (Lipinski definition) is 1. The van der Waals surface area contributed by atoms with E-state index >= 15 is 0 Å². The molecule has 0 radical (unpaired) electrons. The number of carbonyl (C=O) groups is 1. The maximum Gasteiger partial charge on any atom is 0.248 e. The van der Waals surface area contributed by atoms with Crippen LogP contribution in [0.25, 0.3) is 11.0 Å². The van der Waals surface area contributed by atoms with Crippen molar-refractivity contribution in [3.8, 4) is 11.5 Å². The molecule has 0 saturated carbocycles. The van der Waals surface area contributed by atoms with E-state index in [2.05, 4.69) is 10.3 Å². The molecule has 7 heteroatoms. The van der Waals surface area contributed by atoms with E-state index in [1.165, 1.54) is 6.08 Å². The predicted octanol–water partition coefficient (Wildman–Crippen LogP) is 3.06. The van der Waals surface area contributed by atoms with Gasteiger partial charge in [0.05, 0.1) is 26.1 Å². The average molecular weight is 329 g/mol. The van der Waals surface area contributed by atoms with Gasteiger partial charge in [-0.2, -0.15) is 0 Å². The third-order valence-corrected chi connectivity index (χ3v) is 3.97. The van der Waals surface area contributed by atoms with Crippen LogP contribution in [0.1, 0.15) is 5.69 Å². The molecule has 6 nitrogen and oxygen atoms in total. The maximum absolute atomic E-state index is 12.1. The number of nitrogens with zero attached hydrogens (tertiary/aromatic N) is 2. The van der Waals surface area contributed by atoms with Gasteiger partial charge < -0.3 is 14.8 Å². The molecule has 0 bridgehead atoms. The van der Waals surface area contributed by atoms with E-state index in [0.717, 1.165) is 10.7 Å². The lowest BCUT2D eigenvalue weighted by molar-refractivity contribution is -0.111. The van der Waals surface area contributed by atoms with Crippen LogP contribution in [0.5, 0.6) is 11.5 Å². The van der Waals surface area contributed by atoms with E-state index in [4.69, 9.17) is 9.47 Å². The minimum atomic E-state index is -0.245. The zero-order chi connectivity index (χ0) is 16.2. The number of ether oxygens (including phenoxy) is 2. The molecule has 0 atom stereocenters. The molecule has 1 aromatic carbocycles. The Balaban J connectivity index is 1.74. The third-order valence-electron chi connectivity index (χ3n) is 3.20. The van der Waals surface area contributed by atoms with Gasteiger partial charge in [-0.3, -0.25) is 9.20 Å². The predicted molar refractivity (Wildman–Crippen MR) is 90.3 cm³/mol. The summed E-state index contributed by atoms with van der Waals surface area (Å²) in [6.45, 7) is 0. The molecule has 0 aliphatic carbocycles. The Morgan fingerprint density at radius 1 is 1.26 bits per heavy atom. The number of imidazole rings is 1. The topological polar surface area (TPSA) is 64.9 Å². The van der Waals surface area contributed by atoms with Crippen LogP contribution < -0.4 is 14.8 Å². The number of rotatable bonds is 5. The number of nitrogens with one attached hydrogen (secondary N) is 1. The van der Waals surface area contributed by atoms with Crippen molar-refractivity contribution < 1.29 is 14.3 Å². The lowest BCUT2D eigenvalue weighted by atomic mass is 10.2. The molecule has 3 rings (SSSR count). The van der Waals surface area contributed by atoms with Gasteiger partial charge in [-0.05, 0) is 6.08 Å². The number of hydrogen-bond acceptors (Lipinski definition) is 5. The highest BCUT2D eigenvalue weighted by atomic mass is 32.1. The van der Waals surface area contributed by atoms with Gasteiger partial charge in [-0.1, -0.05) is 0 Å². The molecule has 2 aromatic heterocycles. The first kappa shape index (κ1) is 15.1. The number of benzene rings is 1. The zero-order valence-electron chi connectivity index (χ0n) is 12.6. The van der Waals surface area contributed by atoms with Crippen LogP contribution in [0.3, 0.4) is 0 Å². The summed E-state index contributed by atoms with van der Waals surface area (Å²) < 4.78 is 12.3. The van der Waals surface area contributed by atoms with Crippen molar-refractivity contribution in [1.29, 1.82) is 0 Å². The van der Waals surface area contributed by atoms with Gasteiger partial charge in [0.1, 0.15) is 11.5 Å². The SMILES string of the molecule is COc1cc(NC(=O)/C=C/c2cnc3sccn23)cc(OC)c1. The van der Waals surface area contributed by atoms with Gasteiger partial charge in [0.15, 0.2) is 4.96 Å². The highest BCUT2D eigenvalue weighted by Crippen LogP contribution is 2.25. The van der Waals surface area contributed by atoms with Crippen LogP contribution in [-0.4, -0.2) is 29.5 Å². The first-order valence-electron chi connectivity index (χ1n) is 6.82. The number of thiazole rings is 1. The van der Waals surface area contributed by atoms with Crippen molar-refractivity contribution in [3.63, 3.8) is 0 Å². The summed E-state index contributed by atoms with van der Waals surface area (Å²) in [4.78, 5) is 17.2. The maximum atomic E-state index is 12.1. The Morgan fingerprint density at radius 2 is 2.00 bits per heavy atom. The molecule has 0 fully saturated rings. The van der Waals surface area contributed by atoms with Gasteiger partial charge in [-0.15, -0.1) is 11.3 Å². The summed E-state index contributed by atoms with van der Waals surface area (Å²) in [7, 11) is 3.12. The zero-order valence-corrected chi connectivity index (χ0v) is 13.5. The number of anilines is 1. The summed E-state index contributed by atoms with van der Waals surface area (Å²) in [5.74, 6) is 0.976. The smallest absolute Gasteiger partial charge is 0.248 e. The Labute approximate surface area is 137 Å². The normalized spacial score (nSPS) is 11.0. The van der Waals surface area contributed by atoms with Crippen molar-refractivity contribution >= 4 is 34.0 Å². The molecule has 23 heavy (non-hydrogen) atoms. The standard InChI is InChI=1S/C16H15N3O3S/c1-21-13-7-11(8-14(9-13)22-2)18-15(20)4-3-12-10-17-16-19(12)5-6-23-16/h3-10H,1-2H3,(H,18,20)/b4-3+. The summed E-state index contributed by atoms with van der Waals surface area (Å²) in [5, 5.41) is 4.73. The molecule has 0 saturated heterocycles. The molecular weight excluding hydrogens is 314 g/mol. The largest absolute Gasteiger partial charge is 0.497 e. The van der Waals surface area contributed by atoms with Crippen molar-refractivity contribution in [2.75, 3.05) is 19.5 Å². The van der Waals surface area contributed by atoms with Crippen LogP contribution >= 0.6 is 11.3 Å². The summed E-state index contributed by atoms with van der Waals surface area (Å²) in [5.41, 5.74) is 1.45. The van der Waals surface area contributed by atoms with Crippen LogP contribution in [0.2, 0.25) is 0 Å². The Morgan fingerprint density at radius 3 is 2.70 bits per heavy atom. The van der Waals surface area contributed by atoms with Crippen molar-refractivity contribution in [1.82, 2.24) is 9.38 Å². The lowest BCUT2D eigenvalue weighted by Gasteiger charge is -2.08. The quantitative estimate of drug-likeness (QED) is 0.731. The highest BCUT2D eigenvalue weighted by Gasteiger charge is 2.05. The molecule has 1 N–H and O–H groups in total. The monoisotopic (exact) mass is 329 g/mol. The number of aromatic nitrogens is 2. The second kappa shape index (κ2) is 6.53. The van der Waals surface area contributed by atoms with E-state index in [9.17, 15) is 4.79 Å². The lowest BCUT2D eigenvalue weighted by Crippen LogP contribution is -2.08.